The van der Waals surface area contributed by atoms with Gasteiger partial charge in [-0.25, -0.2) is 4.39 Å². The van der Waals surface area contributed by atoms with Gasteiger partial charge in [-0.1, -0.05) is 18.5 Å². The predicted molar refractivity (Wildman–Crippen MR) is 74.8 cm³/mol. The fourth-order valence-corrected chi connectivity index (χ4v) is 2.62. The highest BCUT2D eigenvalue weighted by Gasteiger charge is 2.16. The molecule has 0 aromatic heterocycles. The number of rotatable bonds is 3. The lowest BCUT2D eigenvalue weighted by Gasteiger charge is -2.19. The minimum atomic E-state index is -0.245. The van der Waals surface area contributed by atoms with Gasteiger partial charge >= 0.3 is 0 Å². The summed E-state index contributed by atoms with van der Waals surface area (Å²) in [6, 6.07) is 4.86. The van der Waals surface area contributed by atoms with Crippen LogP contribution in [0.4, 0.5) is 10.1 Å². The van der Waals surface area contributed by atoms with Gasteiger partial charge in [0.1, 0.15) is 5.82 Å². The Balaban J connectivity index is 1.98. The number of halogens is 2. The second-order valence-corrected chi connectivity index (χ2v) is 5.24. The Labute approximate surface area is 113 Å². The summed E-state index contributed by atoms with van der Waals surface area (Å²) in [5.41, 5.74) is 0.714. The minimum absolute atomic E-state index is 0.245. The molecule has 1 aliphatic heterocycles. The zero-order chi connectivity index (χ0) is 13.0. The maximum atomic E-state index is 13.2. The summed E-state index contributed by atoms with van der Waals surface area (Å²) in [6.45, 7) is 5.55. The van der Waals surface area contributed by atoms with E-state index in [9.17, 15) is 4.39 Å². The molecule has 100 valence electrons. The van der Waals surface area contributed by atoms with Crippen molar-refractivity contribution in [3.8, 4) is 0 Å². The molecule has 1 aromatic carbocycles. The third-order valence-corrected chi connectivity index (χ3v) is 3.89. The lowest BCUT2D eigenvalue weighted by Crippen LogP contribution is -2.26. The first kappa shape index (κ1) is 13.6. The lowest BCUT2D eigenvalue weighted by molar-refractivity contribution is 0.300. The van der Waals surface area contributed by atoms with Gasteiger partial charge in [0.05, 0.1) is 10.7 Å². The van der Waals surface area contributed by atoms with Crippen LogP contribution in [0.15, 0.2) is 18.2 Å². The van der Waals surface area contributed by atoms with Gasteiger partial charge in [-0.3, -0.25) is 0 Å². The van der Waals surface area contributed by atoms with Crippen LogP contribution in [-0.2, 0) is 0 Å². The van der Waals surface area contributed by atoms with Crippen LogP contribution < -0.4 is 5.32 Å². The molecule has 0 spiro atoms. The minimum Gasteiger partial charge on any atom is -0.381 e. The van der Waals surface area contributed by atoms with E-state index in [2.05, 4.69) is 17.1 Å². The van der Waals surface area contributed by atoms with Crippen molar-refractivity contribution in [2.45, 2.75) is 32.2 Å². The normalized spacial score (nSPS) is 21.6. The van der Waals surface area contributed by atoms with Crippen molar-refractivity contribution >= 4 is 17.3 Å². The predicted octanol–water partition coefficient (Wildman–Crippen LogP) is 3.77. The van der Waals surface area contributed by atoms with Gasteiger partial charge in [0.15, 0.2) is 0 Å². The molecule has 0 aliphatic carbocycles. The fourth-order valence-electron chi connectivity index (χ4n) is 2.44. The Morgan fingerprint density at radius 3 is 3.00 bits per heavy atom. The van der Waals surface area contributed by atoms with Crippen LogP contribution in [0.5, 0.6) is 0 Å². The van der Waals surface area contributed by atoms with Gasteiger partial charge in [0.2, 0.25) is 0 Å². The first-order valence-corrected chi connectivity index (χ1v) is 7.00. The van der Waals surface area contributed by atoms with Crippen molar-refractivity contribution in [3.05, 3.63) is 29.0 Å². The van der Waals surface area contributed by atoms with Gasteiger partial charge in [-0.15, -0.1) is 0 Å². The number of benzene rings is 1. The Morgan fingerprint density at radius 1 is 1.39 bits per heavy atom. The van der Waals surface area contributed by atoms with Gasteiger partial charge in [-0.2, -0.15) is 0 Å². The third-order valence-electron chi connectivity index (χ3n) is 3.56. The summed E-state index contributed by atoms with van der Waals surface area (Å²) in [5, 5.41) is 3.97. The SMILES string of the molecule is CCN1CCCC(Nc2cc(F)ccc2Cl)CC1. The Kier molecular flexibility index (Phi) is 4.84. The first-order chi connectivity index (χ1) is 8.69. The molecule has 2 nitrogen and oxygen atoms in total. The molecule has 1 heterocycles. The second kappa shape index (κ2) is 6.39. The standard InChI is InChI=1S/C14H20ClFN2/c1-2-18-8-3-4-12(7-9-18)17-14-10-11(16)5-6-13(14)15/h5-6,10,12,17H,2-4,7-9H2,1H3. The quantitative estimate of drug-likeness (QED) is 0.900. The highest BCUT2D eigenvalue weighted by Crippen LogP contribution is 2.25. The van der Waals surface area contributed by atoms with E-state index in [4.69, 9.17) is 11.6 Å². The number of nitrogens with one attached hydrogen (secondary N) is 1. The van der Waals surface area contributed by atoms with Crippen molar-refractivity contribution in [2.24, 2.45) is 0 Å². The third kappa shape index (κ3) is 3.59. The molecule has 0 saturated carbocycles. The molecule has 1 fully saturated rings. The van der Waals surface area contributed by atoms with E-state index in [0.29, 0.717) is 16.8 Å². The first-order valence-electron chi connectivity index (χ1n) is 6.63. The van der Waals surface area contributed by atoms with E-state index in [1.54, 1.807) is 6.07 Å². The topological polar surface area (TPSA) is 15.3 Å². The van der Waals surface area contributed by atoms with Gasteiger partial charge in [-0.05, 0) is 50.6 Å². The molecule has 18 heavy (non-hydrogen) atoms. The molecule has 1 aliphatic rings. The van der Waals surface area contributed by atoms with Gasteiger partial charge in [0, 0.05) is 12.6 Å². The average molecular weight is 271 g/mol. The second-order valence-electron chi connectivity index (χ2n) is 4.83. The molecular formula is C14H20ClFN2. The van der Waals surface area contributed by atoms with Crippen LogP contribution in [0, 0.1) is 5.82 Å². The number of hydrogen-bond donors (Lipinski definition) is 1. The van der Waals surface area contributed by atoms with Crippen LogP contribution in [0.3, 0.4) is 0 Å². The van der Waals surface area contributed by atoms with Crippen molar-refractivity contribution < 1.29 is 4.39 Å². The largest absolute Gasteiger partial charge is 0.381 e. The van der Waals surface area contributed by atoms with E-state index < -0.39 is 0 Å². The fraction of sp³-hybridized carbons (Fsp3) is 0.571. The molecule has 0 radical (unpaired) electrons. The summed E-state index contributed by atoms with van der Waals surface area (Å²) in [4.78, 5) is 2.45. The molecule has 1 atom stereocenters. The summed E-state index contributed by atoms with van der Waals surface area (Å²) in [7, 11) is 0. The number of anilines is 1. The van der Waals surface area contributed by atoms with Crippen LogP contribution in [0.1, 0.15) is 26.2 Å². The number of likely N-dealkylation sites (tertiary alicyclic amines) is 1. The molecule has 1 unspecified atom stereocenters. The van der Waals surface area contributed by atoms with Crippen LogP contribution >= 0.6 is 11.6 Å². The molecular weight excluding hydrogens is 251 g/mol. The van der Waals surface area contributed by atoms with Crippen molar-refractivity contribution in [1.29, 1.82) is 0 Å². The summed E-state index contributed by atoms with van der Waals surface area (Å²) in [6.07, 6.45) is 3.38. The Hall–Kier alpha value is -0.800. The van der Waals surface area contributed by atoms with Crippen LogP contribution in [-0.4, -0.2) is 30.6 Å². The van der Waals surface area contributed by atoms with E-state index in [0.717, 1.165) is 32.5 Å². The zero-order valence-electron chi connectivity index (χ0n) is 10.8. The molecule has 4 heteroatoms. The molecule has 1 aromatic rings. The zero-order valence-corrected chi connectivity index (χ0v) is 11.5. The maximum absolute atomic E-state index is 13.2. The van der Waals surface area contributed by atoms with E-state index >= 15 is 0 Å². The van der Waals surface area contributed by atoms with Crippen LogP contribution in [0.2, 0.25) is 5.02 Å². The summed E-state index contributed by atoms with van der Waals surface area (Å²) < 4.78 is 13.2. The molecule has 1 N–H and O–H groups in total. The number of nitrogens with zero attached hydrogens (tertiary/aromatic N) is 1. The van der Waals surface area contributed by atoms with Crippen molar-refractivity contribution in [2.75, 3.05) is 25.0 Å². The van der Waals surface area contributed by atoms with E-state index in [-0.39, 0.29) is 5.82 Å². The highest BCUT2D eigenvalue weighted by molar-refractivity contribution is 6.33. The monoisotopic (exact) mass is 270 g/mol. The highest BCUT2D eigenvalue weighted by atomic mass is 35.5. The van der Waals surface area contributed by atoms with E-state index in [1.165, 1.54) is 18.6 Å². The average Bonchev–Trinajstić information content (AvgIpc) is 2.59. The maximum Gasteiger partial charge on any atom is 0.125 e. The van der Waals surface area contributed by atoms with Gasteiger partial charge in [0.25, 0.3) is 0 Å². The molecule has 1 saturated heterocycles. The molecule has 2 rings (SSSR count). The Morgan fingerprint density at radius 2 is 2.22 bits per heavy atom. The van der Waals surface area contributed by atoms with Crippen molar-refractivity contribution in [1.82, 2.24) is 4.90 Å². The smallest absolute Gasteiger partial charge is 0.125 e. The Bertz CT molecular complexity index is 397. The van der Waals surface area contributed by atoms with Crippen LogP contribution in [0.25, 0.3) is 0 Å². The molecule has 0 amide bonds. The summed E-state index contributed by atoms with van der Waals surface area (Å²) in [5.74, 6) is -0.245. The van der Waals surface area contributed by atoms with E-state index in [1.807, 2.05) is 0 Å². The molecule has 0 bridgehead atoms. The van der Waals surface area contributed by atoms with Gasteiger partial charge < -0.3 is 10.2 Å². The summed E-state index contributed by atoms with van der Waals surface area (Å²) >= 11 is 6.07. The lowest BCUT2D eigenvalue weighted by atomic mass is 10.1. The van der Waals surface area contributed by atoms with Crippen molar-refractivity contribution in [3.63, 3.8) is 0 Å². The number of hydrogen-bond acceptors (Lipinski definition) is 2.